The maximum absolute atomic E-state index is 10.9. The first-order valence-electron chi connectivity index (χ1n) is 6.21. The van der Waals surface area contributed by atoms with Crippen LogP contribution in [0.15, 0.2) is 54.6 Å². The number of rotatable bonds is 1. The van der Waals surface area contributed by atoms with Gasteiger partial charge in [0.2, 0.25) is 0 Å². The second kappa shape index (κ2) is 3.82. The Morgan fingerprint density at radius 2 is 1.50 bits per heavy atom. The standard InChI is InChI=1S/C17H16O/c1-12-14-10-6-7-11-15(14)17(2,18)16(12)13-8-4-3-5-9-13/h3-11,18H,1-2H3. The van der Waals surface area contributed by atoms with E-state index in [1.54, 1.807) is 0 Å². The highest BCUT2D eigenvalue weighted by atomic mass is 16.3. The molecule has 0 bridgehead atoms. The first-order valence-corrected chi connectivity index (χ1v) is 6.21. The van der Waals surface area contributed by atoms with E-state index >= 15 is 0 Å². The summed E-state index contributed by atoms with van der Waals surface area (Å²) in [6.45, 7) is 3.97. The average Bonchev–Trinajstić information content (AvgIpc) is 2.59. The largest absolute Gasteiger partial charge is 0.381 e. The Kier molecular flexibility index (Phi) is 2.39. The van der Waals surface area contributed by atoms with Crippen LogP contribution in [0.4, 0.5) is 0 Å². The Morgan fingerprint density at radius 1 is 0.889 bits per heavy atom. The Labute approximate surface area is 107 Å². The van der Waals surface area contributed by atoms with Crippen LogP contribution in [-0.2, 0) is 5.60 Å². The molecule has 0 saturated carbocycles. The van der Waals surface area contributed by atoms with E-state index in [9.17, 15) is 5.11 Å². The molecule has 18 heavy (non-hydrogen) atoms. The predicted molar refractivity (Wildman–Crippen MR) is 74.9 cm³/mol. The quantitative estimate of drug-likeness (QED) is 0.797. The van der Waals surface area contributed by atoms with E-state index in [1.807, 2.05) is 43.3 Å². The molecule has 1 aliphatic rings. The average molecular weight is 236 g/mol. The highest BCUT2D eigenvalue weighted by molar-refractivity contribution is 5.99. The van der Waals surface area contributed by atoms with Crippen LogP contribution in [0.2, 0.25) is 0 Å². The third kappa shape index (κ3) is 1.44. The molecule has 1 N–H and O–H groups in total. The maximum atomic E-state index is 10.9. The van der Waals surface area contributed by atoms with Gasteiger partial charge in [-0.25, -0.2) is 0 Å². The van der Waals surface area contributed by atoms with Crippen LogP contribution in [-0.4, -0.2) is 5.11 Å². The molecule has 0 aliphatic heterocycles. The van der Waals surface area contributed by atoms with Crippen LogP contribution >= 0.6 is 0 Å². The van der Waals surface area contributed by atoms with Crippen LogP contribution in [0.3, 0.4) is 0 Å². The van der Waals surface area contributed by atoms with Gasteiger partial charge in [-0.05, 0) is 41.7 Å². The second-order valence-corrected chi connectivity index (χ2v) is 4.98. The third-order valence-electron chi connectivity index (χ3n) is 3.78. The maximum Gasteiger partial charge on any atom is 0.113 e. The molecule has 1 unspecified atom stereocenters. The van der Waals surface area contributed by atoms with E-state index in [4.69, 9.17) is 0 Å². The summed E-state index contributed by atoms with van der Waals surface area (Å²) in [6, 6.07) is 18.2. The molecule has 1 heteroatoms. The normalized spacial score (nSPS) is 22.2. The van der Waals surface area contributed by atoms with Gasteiger partial charge in [0.1, 0.15) is 5.60 Å². The van der Waals surface area contributed by atoms with Crippen LogP contribution in [0.5, 0.6) is 0 Å². The number of hydrogen-bond donors (Lipinski definition) is 1. The van der Waals surface area contributed by atoms with Gasteiger partial charge in [-0.2, -0.15) is 0 Å². The SMILES string of the molecule is CC1=C(c2ccccc2)C(C)(O)c2ccccc21. The van der Waals surface area contributed by atoms with Gasteiger partial charge in [0.05, 0.1) is 0 Å². The number of fused-ring (bicyclic) bond motifs is 1. The third-order valence-corrected chi connectivity index (χ3v) is 3.78. The minimum Gasteiger partial charge on any atom is -0.381 e. The summed E-state index contributed by atoms with van der Waals surface area (Å²) >= 11 is 0. The first kappa shape index (κ1) is 11.2. The van der Waals surface area contributed by atoms with Gasteiger partial charge in [-0.1, -0.05) is 54.6 Å². The van der Waals surface area contributed by atoms with E-state index < -0.39 is 5.60 Å². The molecule has 90 valence electrons. The molecule has 0 spiro atoms. The minimum atomic E-state index is -0.901. The molecule has 0 aromatic heterocycles. The number of aliphatic hydroxyl groups is 1. The van der Waals surface area contributed by atoms with Crippen LogP contribution < -0.4 is 0 Å². The predicted octanol–water partition coefficient (Wildman–Crippen LogP) is 3.84. The highest BCUT2D eigenvalue weighted by Crippen LogP contribution is 2.48. The van der Waals surface area contributed by atoms with Crippen molar-refractivity contribution in [3.63, 3.8) is 0 Å². The van der Waals surface area contributed by atoms with E-state index in [-0.39, 0.29) is 0 Å². The fraction of sp³-hybridized carbons (Fsp3) is 0.176. The summed E-state index contributed by atoms with van der Waals surface area (Å²) in [5.41, 5.74) is 4.53. The monoisotopic (exact) mass is 236 g/mol. The zero-order valence-electron chi connectivity index (χ0n) is 10.6. The number of hydrogen-bond acceptors (Lipinski definition) is 1. The first-order chi connectivity index (χ1) is 8.62. The lowest BCUT2D eigenvalue weighted by atomic mass is 9.88. The van der Waals surface area contributed by atoms with Gasteiger partial charge in [0, 0.05) is 0 Å². The lowest BCUT2D eigenvalue weighted by Crippen LogP contribution is -2.20. The number of benzene rings is 2. The molecule has 1 aliphatic carbocycles. The van der Waals surface area contributed by atoms with Gasteiger partial charge in [-0.3, -0.25) is 0 Å². The Hall–Kier alpha value is -1.86. The molecular formula is C17H16O. The van der Waals surface area contributed by atoms with E-state index in [0.717, 1.165) is 22.3 Å². The van der Waals surface area contributed by atoms with Gasteiger partial charge in [0.25, 0.3) is 0 Å². The zero-order chi connectivity index (χ0) is 12.8. The van der Waals surface area contributed by atoms with Gasteiger partial charge in [0.15, 0.2) is 0 Å². The van der Waals surface area contributed by atoms with Crippen molar-refractivity contribution in [1.82, 2.24) is 0 Å². The molecule has 3 rings (SSSR count). The summed E-state index contributed by atoms with van der Waals surface area (Å²) in [7, 11) is 0. The van der Waals surface area contributed by atoms with E-state index in [0.29, 0.717) is 0 Å². The van der Waals surface area contributed by atoms with E-state index in [1.165, 1.54) is 5.57 Å². The number of allylic oxidation sites excluding steroid dienone is 1. The van der Waals surface area contributed by atoms with Gasteiger partial charge < -0.3 is 5.11 Å². The molecule has 0 amide bonds. The summed E-state index contributed by atoms with van der Waals surface area (Å²) in [6.07, 6.45) is 0. The molecule has 0 radical (unpaired) electrons. The molecule has 2 aromatic rings. The van der Waals surface area contributed by atoms with Crippen molar-refractivity contribution in [3.05, 3.63) is 71.3 Å². The lowest BCUT2D eigenvalue weighted by molar-refractivity contribution is 0.125. The fourth-order valence-electron chi connectivity index (χ4n) is 2.97. The summed E-state index contributed by atoms with van der Waals surface area (Å²) in [5.74, 6) is 0. The lowest BCUT2D eigenvalue weighted by Gasteiger charge is -2.23. The molecule has 2 aromatic carbocycles. The Balaban J connectivity index is 2.26. The van der Waals surface area contributed by atoms with Gasteiger partial charge >= 0.3 is 0 Å². The summed E-state index contributed by atoms with van der Waals surface area (Å²) in [5, 5.41) is 10.9. The van der Waals surface area contributed by atoms with Crippen molar-refractivity contribution in [2.24, 2.45) is 0 Å². The molecular weight excluding hydrogens is 220 g/mol. The van der Waals surface area contributed by atoms with Crippen LogP contribution in [0, 0.1) is 0 Å². The Morgan fingerprint density at radius 3 is 2.17 bits per heavy atom. The molecule has 0 saturated heterocycles. The molecule has 0 fully saturated rings. The van der Waals surface area contributed by atoms with Crippen molar-refractivity contribution >= 4 is 11.1 Å². The minimum absolute atomic E-state index is 0.901. The van der Waals surface area contributed by atoms with Crippen molar-refractivity contribution < 1.29 is 5.11 Å². The Bertz CT molecular complexity index is 621. The van der Waals surface area contributed by atoms with Crippen molar-refractivity contribution in [2.75, 3.05) is 0 Å². The van der Waals surface area contributed by atoms with E-state index in [2.05, 4.69) is 25.1 Å². The van der Waals surface area contributed by atoms with Crippen molar-refractivity contribution in [1.29, 1.82) is 0 Å². The highest BCUT2D eigenvalue weighted by Gasteiger charge is 2.38. The summed E-state index contributed by atoms with van der Waals surface area (Å²) in [4.78, 5) is 0. The van der Waals surface area contributed by atoms with Crippen LogP contribution in [0.25, 0.3) is 11.1 Å². The topological polar surface area (TPSA) is 20.2 Å². The van der Waals surface area contributed by atoms with Crippen molar-refractivity contribution in [2.45, 2.75) is 19.4 Å². The van der Waals surface area contributed by atoms with Crippen LogP contribution in [0.1, 0.15) is 30.5 Å². The fourth-order valence-corrected chi connectivity index (χ4v) is 2.97. The smallest absolute Gasteiger partial charge is 0.113 e. The molecule has 0 heterocycles. The second-order valence-electron chi connectivity index (χ2n) is 4.98. The molecule has 1 atom stereocenters. The van der Waals surface area contributed by atoms with Gasteiger partial charge in [-0.15, -0.1) is 0 Å². The molecule has 1 nitrogen and oxygen atoms in total. The zero-order valence-corrected chi connectivity index (χ0v) is 10.6. The van der Waals surface area contributed by atoms with Crippen molar-refractivity contribution in [3.8, 4) is 0 Å². The summed E-state index contributed by atoms with van der Waals surface area (Å²) < 4.78 is 0.